The number of piperidine rings is 1. The van der Waals surface area contributed by atoms with Crippen LogP contribution in [0.25, 0.3) is 0 Å². The first-order valence-corrected chi connectivity index (χ1v) is 7.05. The van der Waals surface area contributed by atoms with Gasteiger partial charge in [0.2, 0.25) is 5.88 Å². The fourth-order valence-corrected chi connectivity index (χ4v) is 2.25. The lowest BCUT2D eigenvalue weighted by atomic mass is 10.1. The summed E-state index contributed by atoms with van der Waals surface area (Å²) in [7, 11) is 0. The minimum atomic E-state index is 0.630. The molecule has 1 aliphatic heterocycles. The maximum atomic E-state index is 5.50. The van der Waals surface area contributed by atoms with Crippen molar-refractivity contribution in [3.63, 3.8) is 0 Å². The van der Waals surface area contributed by atoms with Crippen molar-refractivity contribution in [2.75, 3.05) is 24.6 Å². The Morgan fingerprint density at radius 3 is 2.88 bits per heavy atom. The number of nitrogens with zero attached hydrogens (tertiary/aromatic N) is 3. The summed E-state index contributed by atoms with van der Waals surface area (Å²) in [5.41, 5.74) is 0. The molecule has 1 aromatic heterocycles. The summed E-state index contributed by atoms with van der Waals surface area (Å²) >= 11 is 3.65. The van der Waals surface area contributed by atoms with Crippen LogP contribution in [0, 0.1) is 0 Å². The predicted molar refractivity (Wildman–Crippen MR) is 72.0 cm³/mol. The molecule has 5 heteroatoms. The van der Waals surface area contributed by atoms with Crippen LogP contribution in [0.2, 0.25) is 0 Å². The van der Waals surface area contributed by atoms with Crippen LogP contribution in [0.15, 0.2) is 12.4 Å². The van der Waals surface area contributed by atoms with Gasteiger partial charge in [0.05, 0.1) is 19.0 Å². The molecule has 2 heterocycles. The van der Waals surface area contributed by atoms with Crippen molar-refractivity contribution in [3.05, 3.63) is 12.4 Å². The third-order valence-corrected chi connectivity index (χ3v) is 3.72. The molecule has 0 radical (unpaired) electrons. The molecule has 4 nitrogen and oxygen atoms in total. The van der Waals surface area contributed by atoms with Gasteiger partial charge in [-0.2, -0.15) is 4.98 Å². The van der Waals surface area contributed by atoms with Gasteiger partial charge in [0, 0.05) is 17.9 Å². The molecular weight excluding hydrogens is 282 g/mol. The maximum Gasteiger partial charge on any atom is 0.234 e. The van der Waals surface area contributed by atoms with Crippen LogP contribution in [0.3, 0.4) is 0 Å². The number of hydrogen-bond acceptors (Lipinski definition) is 4. The lowest BCUT2D eigenvalue weighted by Crippen LogP contribution is -2.34. The average Bonchev–Trinajstić information content (AvgIpc) is 2.37. The number of aromatic nitrogens is 2. The van der Waals surface area contributed by atoms with Crippen LogP contribution in [-0.4, -0.2) is 34.5 Å². The van der Waals surface area contributed by atoms with Crippen LogP contribution in [0.4, 0.5) is 5.82 Å². The first kappa shape index (κ1) is 12.6. The Kier molecular flexibility index (Phi) is 4.59. The van der Waals surface area contributed by atoms with Gasteiger partial charge in [0.25, 0.3) is 0 Å². The van der Waals surface area contributed by atoms with Crippen molar-refractivity contribution in [3.8, 4) is 5.88 Å². The summed E-state index contributed by atoms with van der Waals surface area (Å²) in [4.78, 5) is 11.6. The standard InChI is InChI=1S/C12H18BrN3O/c1-2-7-17-12-9-14-8-11(15-12)16-5-3-10(13)4-6-16/h8-10H,2-7H2,1H3. The first-order chi connectivity index (χ1) is 8.29. The normalized spacial score (nSPS) is 17.2. The first-order valence-electron chi connectivity index (χ1n) is 6.13. The van der Waals surface area contributed by atoms with Crippen molar-refractivity contribution in [1.82, 2.24) is 9.97 Å². The Morgan fingerprint density at radius 1 is 1.41 bits per heavy atom. The van der Waals surface area contributed by atoms with E-state index >= 15 is 0 Å². The molecule has 0 amide bonds. The van der Waals surface area contributed by atoms with E-state index < -0.39 is 0 Å². The lowest BCUT2D eigenvalue weighted by molar-refractivity contribution is 0.304. The van der Waals surface area contributed by atoms with Gasteiger partial charge in [-0.1, -0.05) is 22.9 Å². The third-order valence-electron chi connectivity index (χ3n) is 2.80. The number of alkyl halides is 1. The summed E-state index contributed by atoms with van der Waals surface area (Å²) in [5.74, 6) is 1.56. The SMILES string of the molecule is CCCOc1cncc(N2CCC(Br)CC2)n1. The third kappa shape index (κ3) is 3.56. The fraction of sp³-hybridized carbons (Fsp3) is 0.667. The van der Waals surface area contributed by atoms with E-state index in [-0.39, 0.29) is 0 Å². The molecule has 0 aromatic carbocycles. The summed E-state index contributed by atoms with van der Waals surface area (Å²) in [6.07, 6.45) is 6.79. The van der Waals surface area contributed by atoms with E-state index in [1.807, 2.05) is 6.20 Å². The Labute approximate surface area is 111 Å². The molecule has 94 valence electrons. The molecule has 0 unspecified atom stereocenters. The van der Waals surface area contributed by atoms with E-state index in [4.69, 9.17) is 4.74 Å². The van der Waals surface area contributed by atoms with Crippen molar-refractivity contribution in [1.29, 1.82) is 0 Å². The van der Waals surface area contributed by atoms with Gasteiger partial charge >= 0.3 is 0 Å². The predicted octanol–water partition coefficient (Wildman–Crippen LogP) is 2.63. The van der Waals surface area contributed by atoms with E-state index in [2.05, 4.69) is 37.7 Å². The quantitative estimate of drug-likeness (QED) is 0.801. The van der Waals surface area contributed by atoms with E-state index in [1.54, 1.807) is 6.20 Å². The smallest absolute Gasteiger partial charge is 0.234 e. The summed E-state index contributed by atoms with van der Waals surface area (Å²) in [5, 5.41) is 0. The van der Waals surface area contributed by atoms with Gasteiger partial charge in [-0.3, -0.25) is 4.98 Å². The Hall–Kier alpha value is -0.840. The van der Waals surface area contributed by atoms with Gasteiger partial charge in [0.15, 0.2) is 5.82 Å². The topological polar surface area (TPSA) is 38.2 Å². The molecule has 0 bridgehead atoms. The highest BCUT2D eigenvalue weighted by Gasteiger charge is 2.18. The number of halogens is 1. The number of ether oxygens (including phenoxy) is 1. The van der Waals surface area contributed by atoms with Crippen LogP contribution >= 0.6 is 15.9 Å². The second-order valence-electron chi connectivity index (χ2n) is 4.23. The van der Waals surface area contributed by atoms with E-state index in [1.165, 1.54) is 0 Å². The van der Waals surface area contributed by atoms with Crippen LogP contribution in [0.1, 0.15) is 26.2 Å². The minimum Gasteiger partial charge on any atom is -0.477 e. The van der Waals surface area contributed by atoms with E-state index in [9.17, 15) is 0 Å². The number of anilines is 1. The lowest BCUT2D eigenvalue weighted by Gasteiger charge is -2.30. The maximum absolute atomic E-state index is 5.50. The Bertz CT molecular complexity index is 353. The summed E-state index contributed by atoms with van der Waals surface area (Å²) < 4.78 is 5.50. The van der Waals surface area contributed by atoms with Crippen molar-refractivity contribution in [2.45, 2.75) is 31.0 Å². The van der Waals surface area contributed by atoms with E-state index in [0.29, 0.717) is 17.3 Å². The highest BCUT2D eigenvalue weighted by atomic mass is 79.9. The van der Waals surface area contributed by atoms with Gasteiger partial charge in [0.1, 0.15) is 0 Å². The largest absolute Gasteiger partial charge is 0.477 e. The molecular formula is C12H18BrN3O. The van der Waals surface area contributed by atoms with Crippen LogP contribution in [0.5, 0.6) is 5.88 Å². The highest BCUT2D eigenvalue weighted by Crippen LogP contribution is 2.22. The minimum absolute atomic E-state index is 0.630. The average molecular weight is 300 g/mol. The molecule has 1 aromatic rings. The molecule has 1 fully saturated rings. The van der Waals surface area contributed by atoms with E-state index in [0.717, 1.165) is 38.2 Å². The molecule has 0 N–H and O–H groups in total. The molecule has 2 rings (SSSR count). The molecule has 0 aliphatic carbocycles. The monoisotopic (exact) mass is 299 g/mol. The second kappa shape index (κ2) is 6.19. The molecule has 0 atom stereocenters. The molecule has 1 aliphatic rings. The summed E-state index contributed by atoms with van der Waals surface area (Å²) in [6, 6.07) is 0. The number of hydrogen-bond donors (Lipinski definition) is 0. The zero-order chi connectivity index (χ0) is 12.1. The summed E-state index contributed by atoms with van der Waals surface area (Å²) in [6.45, 7) is 4.84. The Morgan fingerprint density at radius 2 is 2.18 bits per heavy atom. The highest BCUT2D eigenvalue weighted by molar-refractivity contribution is 9.09. The molecule has 0 saturated carbocycles. The molecule has 0 spiro atoms. The van der Waals surface area contributed by atoms with Gasteiger partial charge in [-0.15, -0.1) is 0 Å². The zero-order valence-corrected chi connectivity index (χ0v) is 11.7. The fourth-order valence-electron chi connectivity index (χ4n) is 1.84. The van der Waals surface area contributed by atoms with Gasteiger partial charge in [-0.05, 0) is 19.3 Å². The van der Waals surface area contributed by atoms with Crippen molar-refractivity contribution < 1.29 is 4.74 Å². The van der Waals surface area contributed by atoms with Crippen LogP contribution in [-0.2, 0) is 0 Å². The Balaban J connectivity index is 2.00. The van der Waals surface area contributed by atoms with Crippen molar-refractivity contribution in [2.24, 2.45) is 0 Å². The zero-order valence-electron chi connectivity index (χ0n) is 10.1. The van der Waals surface area contributed by atoms with Crippen molar-refractivity contribution >= 4 is 21.7 Å². The molecule has 17 heavy (non-hydrogen) atoms. The van der Waals surface area contributed by atoms with Gasteiger partial charge < -0.3 is 9.64 Å². The van der Waals surface area contributed by atoms with Crippen LogP contribution < -0.4 is 9.64 Å². The molecule has 1 saturated heterocycles. The second-order valence-corrected chi connectivity index (χ2v) is 5.52. The number of rotatable bonds is 4. The van der Waals surface area contributed by atoms with Gasteiger partial charge in [-0.25, -0.2) is 0 Å².